The highest BCUT2D eigenvalue weighted by Gasteiger charge is 2.21. The van der Waals surface area contributed by atoms with Crippen LogP contribution in [0.1, 0.15) is 0 Å². The molecule has 1 amide bonds. The van der Waals surface area contributed by atoms with E-state index in [0.29, 0.717) is 17.7 Å². The molecule has 1 aliphatic rings. The van der Waals surface area contributed by atoms with Crippen LogP contribution in [0, 0.1) is 0 Å². The molecule has 1 saturated heterocycles. The van der Waals surface area contributed by atoms with Crippen molar-refractivity contribution in [1.29, 1.82) is 0 Å². The largest absolute Gasteiger partial charge is 0.457 e. The molecule has 0 spiro atoms. The number of fused-ring (bicyclic) bond motifs is 1. The Bertz CT molecular complexity index is 950. The molecular formula is C19H21N5O3. The maximum absolute atomic E-state index is 11.3. The fraction of sp³-hybridized carbons (Fsp3) is 0.263. The van der Waals surface area contributed by atoms with Gasteiger partial charge in [-0.25, -0.2) is 9.78 Å². The van der Waals surface area contributed by atoms with Gasteiger partial charge >= 0.3 is 6.09 Å². The van der Waals surface area contributed by atoms with Crippen molar-refractivity contribution in [2.75, 3.05) is 37.5 Å². The van der Waals surface area contributed by atoms with Gasteiger partial charge in [-0.3, -0.25) is 5.32 Å². The lowest BCUT2D eigenvalue weighted by Crippen LogP contribution is -2.56. The first-order chi connectivity index (χ1) is 13.1. The molecule has 0 atom stereocenters. The number of aromatic amines is 1. The standard InChI is InChI=1S/C19H21N5O3/c1-24(13-10-20-11-13)12-3-5-14(6-4-12)27-15-7-8-16-17(9-15)22-18(21-16)23-19(25)26-2/h3-9,13,20H,10-11H2,1-2H3,(H2,21,22,23,25). The number of anilines is 2. The number of hydrogen-bond acceptors (Lipinski definition) is 6. The van der Waals surface area contributed by atoms with Gasteiger partial charge in [0.15, 0.2) is 0 Å². The van der Waals surface area contributed by atoms with Crippen LogP contribution in [-0.4, -0.2) is 49.4 Å². The summed E-state index contributed by atoms with van der Waals surface area (Å²) < 4.78 is 10.5. The smallest absolute Gasteiger partial charge is 0.413 e. The zero-order chi connectivity index (χ0) is 18.8. The van der Waals surface area contributed by atoms with Gasteiger partial charge in [0, 0.05) is 31.9 Å². The van der Waals surface area contributed by atoms with Crippen molar-refractivity contribution in [1.82, 2.24) is 15.3 Å². The lowest BCUT2D eigenvalue weighted by molar-refractivity contribution is 0.186. The normalized spacial score (nSPS) is 13.9. The maximum Gasteiger partial charge on any atom is 0.413 e. The fourth-order valence-electron chi connectivity index (χ4n) is 2.90. The number of amides is 1. The summed E-state index contributed by atoms with van der Waals surface area (Å²) >= 11 is 0. The van der Waals surface area contributed by atoms with Gasteiger partial charge < -0.3 is 24.7 Å². The average molecular weight is 367 g/mol. The minimum Gasteiger partial charge on any atom is -0.457 e. The summed E-state index contributed by atoms with van der Waals surface area (Å²) in [6.45, 7) is 2.04. The van der Waals surface area contributed by atoms with Crippen LogP contribution in [0.2, 0.25) is 0 Å². The van der Waals surface area contributed by atoms with Gasteiger partial charge in [0.05, 0.1) is 24.2 Å². The van der Waals surface area contributed by atoms with Crippen LogP contribution in [0.4, 0.5) is 16.4 Å². The van der Waals surface area contributed by atoms with Crippen LogP contribution in [-0.2, 0) is 4.74 Å². The summed E-state index contributed by atoms with van der Waals surface area (Å²) in [5, 5.41) is 5.79. The molecule has 0 aliphatic carbocycles. The lowest BCUT2D eigenvalue weighted by atomic mass is 10.1. The number of nitrogens with zero attached hydrogens (tertiary/aromatic N) is 2. The van der Waals surface area contributed by atoms with Crippen molar-refractivity contribution in [3.05, 3.63) is 42.5 Å². The predicted octanol–water partition coefficient (Wildman–Crippen LogP) is 2.94. The van der Waals surface area contributed by atoms with Gasteiger partial charge in [-0.1, -0.05) is 0 Å². The van der Waals surface area contributed by atoms with Gasteiger partial charge in [-0.15, -0.1) is 0 Å². The van der Waals surface area contributed by atoms with Crippen molar-refractivity contribution in [3.63, 3.8) is 0 Å². The van der Waals surface area contributed by atoms with E-state index in [1.165, 1.54) is 7.11 Å². The molecule has 8 heteroatoms. The number of nitrogens with one attached hydrogen (secondary N) is 3. The van der Waals surface area contributed by atoms with E-state index >= 15 is 0 Å². The van der Waals surface area contributed by atoms with Gasteiger partial charge in [0.2, 0.25) is 5.95 Å². The monoisotopic (exact) mass is 367 g/mol. The zero-order valence-corrected chi connectivity index (χ0v) is 15.2. The highest BCUT2D eigenvalue weighted by molar-refractivity contribution is 5.86. The molecule has 1 fully saturated rings. The second-order valence-electron chi connectivity index (χ2n) is 6.40. The average Bonchev–Trinajstić information content (AvgIpc) is 3.02. The topological polar surface area (TPSA) is 91.5 Å². The molecule has 0 radical (unpaired) electrons. The number of methoxy groups -OCH3 is 1. The Kier molecular flexibility index (Phi) is 4.55. The molecule has 0 bridgehead atoms. The van der Waals surface area contributed by atoms with Gasteiger partial charge in [0.1, 0.15) is 11.5 Å². The third kappa shape index (κ3) is 3.65. The summed E-state index contributed by atoms with van der Waals surface area (Å²) in [7, 11) is 3.41. The minimum absolute atomic E-state index is 0.326. The number of rotatable bonds is 5. The number of imidazole rings is 1. The van der Waals surface area contributed by atoms with E-state index in [1.807, 2.05) is 30.3 Å². The number of likely N-dealkylation sites (N-methyl/N-ethyl adjacent to an activating group) is 1. The molecule has 8 nitrogen and oxygen atoms in total. The molecular weight excluding hydrogens is 346 g/mol. The third-order valence-electron chi connectivity index (χ3n) is 4.65. The summed E-state index contributed by atoms with van der Waals surface area (Å²) in [6, 6.07) is 14.1. The number of benzene rings is 2. The van der Waals surface area contributed by atoms with E-state index in [0.717, 1.165) is 35.6 Å². The summed E-state index contributed by atoms with van der Waals surface area (Å²) in [4.78, 5) is 20.8. The molecule has 27 heavy (non-hydrogen) atoms. The zero-order valence-electron chi connectivity index (χ0n) is 15.2. The lowest BCUT2D eigenvalue weighted by Gasteiger charge is -2.37. The van der Waals surface area contributed by atoms with Crippen molar-refractivity contribution < 1.29 is 14.3 Å². The molecule has 2 heterocycles. The van der Waals surface area contributed by atoms with Crippen LogP contribution < -0.4 is 20.3 Å². The highest BCUT2D eigenvalue weighted by Crippen LogP contribution is 2.27. The molecule has 3 aromatic rings. The molecule has 2 aromatic carbocycles. The van der Waals surface area contributed by atoms with Crippen molar-refractivity contribution in [2.45, 2.75) is 6.04 Å². The molecule has 1 aromatic heterocycles. The molecule has 1 aliphatic heterocycles. The Labute approximate surface area is 156 Å². The van der Waals surface area contributed by atoms with Crippen LogP contribution in [0.15, 0.2) is 42.5 Å². The van der Waals surface area contributed by atoms with Gasteiger partial charge in [0.25, 0.3) is 0 Å². The Hall–Kier alpha value is -3.26. The van der Waals surface area contributed by atoms with Crippen molar-refractivity contribution in [2.24, 2.45) is 0 Å². The van der Waals surface area contributed by atoms with E-state index in [1.54, 1.807) is 0 Å². The molecule has 0 saturated carbocycles. The van der Waals surface area contributed by atoms with Crippen LogP contribution >= 0.6 is 0 Å². The Morgan fingerprint density at radius 2 is 1.93 bits per heavy atom. The highest BCUT2D eigenvalue weighted by atomic mass is 16.5. The van der Waals surface area contributed by atoms with E-state index in [2.05, 4.69) is 49.4 Å². The first-order valence-corrected chi connectivity index (χ1v) is 8.68. The van der Waals surface area contributed by atoms with E-state index in [-0.39, 0.29) is 0 Å². The van der Waals surface area contributed by atoms with Crippen LogP contribution in [0.25, 0.3) is 11.0 Å². The quantitative estimate of drug-likeness (QED) is 0.642. The van der Waals surface area contributed by atoms with Crippen molar-refractivity contribution in [3.8, 4) is 11.5 Å². The minimum atomic E-state index is -0.576. The number of H-pyrrole nitrogens is 1. The van der Waals surface area contributed by atoms with Gasteiger partial charge in [-0.05, 0) is 36.4 Å². The Morgan fingerprint density at radius 3 is 2.59 bits per heavy atom. The van der Waals surface area contributed by atoms with Crippen LogP contribution in [0.3, 0.4) is 0 Å². The first kappa shape index (κ1) is 17.2. The first-order valence-electron chi connectivity index (χ1n) is 8.68. The molecule has 140 valence electrons. The number of aromatic nitrogens is 2. The van der Waals surface area contributed by atoms with Crippen LogP contribution in [0.5, 0.6) is 11.5 Å². The van der Waals surface area contributed by atoms with E-state index in [9.17, 15) is 4.79 Å². The Morgan fingerprint density at radius 1 is 1.19 bits per heavy atom. The van der Waals surface area contributed by atoms with E-state index < -0.39 is 6.09 Å². The molecule has 3 N–H and O–H groups in total. The number of carbonyl (C=O) groups is 1. The SMILES string of the molecule is COC(=O)Nc1nc2ccc(Oc3ccc(N(C)C4CNC4)cc3)cc2[nH]1. The summed E-state index contributed by atoms with van der Waals surface area (Å²) in [6.07, 6.45) is -0.576. The summed E-state index contributed by atoms with van der Waals surface area (Å²) in [5.41, 5.74) is 2.64. The Balaban J connectivity index is 1.46. The number of hydrogen-bond donors (Lipinski definition) is 3. The second-order valence-corrected chi connectivity index (χ2v) is 6.40. The molecule has 4 rings (SSSR count). The second kappa shape index (κ2) is 7.16. The number of ether oxygens (including phenoxy) is 2. The third-order valence-corrected chi connectivity index (χ3v) is 4.65. The van der Waals surface area contributed by atoms with Gasteiger partial charge in [-0.2, -0.15) is 0 Å². The van der Waals surface area contributed by atoms with E-state index in [4.69, 9.17) is 4.74 Å². The summed E-state index contributed by atoms with van der Waals surface area (Å²) in [5.74, 6) is 1.76. The maximum atomic E-state index is 11.3. The predicted molar refractivity (Wildman–Crippen MR) is 104 cm³/mol. The number of carbonyl (C=O) groups excluding carboxylic acids is 1. The fourth-order valence-corrected chi connectivity index (χ4v) is 2.90. The van der Waals surface area contributed by atoms with Crippen molar-refractivity contribution >= 4 is 28.8 Å². The molecule has 0 unspecified atom stereocenters.